The van der Waals surface area contributed by atoms with E-state index < -0.39 is 0 Å². The number of carbonyl (C=O) groups is 1. The highest BCUT2D eigenvalue weighted by atomic mass is 32.1. The first-order chi connectivity index (χ1) is 11.6. The second-order valence-electron chi connectivity index (χ2n) is 5.68. The number of nitrogens with one attached hydrogen (secondary N) is 1. The Kier molecular flexibility index (Phi) is 3.61. The molecule has 6 heteroatoms. The molecule has 0 atom stereocenters. The van der Waals surface area contributed by atoms with E-state index >= 15 is 0 Å². The topological polar surface area (TPSA) is 54.9 Å². The molecule has 120 valence electrons. The predicted molar refractivity (Wildman–Crippen MR) is 92.5 cm³/mol. The standard InChI is InChI=1S/C18H14FN3OS/c1-10(23)20-18-17(15-3-2-8-24-15)22-16-13-6-5-12(19)9-11(13)4-7-14(16)21-18/h2-3,5-6,8-9H,4,7H2,1H3,(H,20,21,23). The number of aryl methyl sites for hydroxylation is 2. The van der Waals surface area contributed by atoms with Gasteiger partial charge in [0, 0.05) is 12.5 Å². The van der Waals surface area contributed by atoms with E-state index in [1.807, 2.05) is 17.5 Å². The number of hydrogen-bond donors (Lipinski definition) is 1. The van der Waals surface area contributed by atoms with Gasteiger partial charge in [-0.05, 0) is 48.1 Å². The number of carbonyl (C=O) groups excluding carboxylic acids is 1. The van der Waals surface area contributed by atoms with Crippen molar-refractivity contribution in [2.24, 2.45) is 0 Å². The van der Waals surface area contributed by atoms with Crippen molar-refractivity contribution >= 4 is 23.1 Å². The molecule has 1 aliphatic carbocycles. The lowest BCUT2D eigenvalue weighted by Crippen LogP contribution is -2.15. The van der Waals surface area contributed by atoms with Crippen molar-refractivity contribution in [2.45, 2.75) is 19.8 Å². The molecule has 1 amide bonds. The Morgan fingerprint density at radius 3 is 2.83 bits per heavy atom. The van der Waals surface area contributed by atoms with Gasteiger partial charge in [0.15, 0.2) is 5.82 Å². The van der Waals surface area contributed by atoms with E-state index in [1.165, 1.54) is 24.3 Å². The smallest absolute Gasteiger partial charge is 0.222 e. The van der Waals surface area contributed by atoms with Gasteiger partial charge in [-0.2, -0.15) is 0 Å². The van der Waals surface area contributed by atoms with Gasteiger partial charge in [-0.15, -0.1) is 11.3 Å². The minimum Gasteiger partial charge on any atom is -0.309 e. The number of benzene rings is 1. The molecule has 0 saturated heterocycles. The minimum absolute atomic E-state index is 0.180. The Morgan fingerprint density at radius 1 is 1.21 bits per heavy atom. The molecule has 4 rings (SSSR count). The molecular formula is C18H14FN3OS. The van der Waals surface area contributed by atoms with Crippen molar-refractivity contribution in [3.05, 3.63) is 52.8 Å². The molecule has 0 fully saturated rings. The summed E-state index contributed by atoms with van der Waals surface area (Å²) in [5, 5.41) is 4.73. The normalized spacial score (nSPS) is 12.4. The molecule has 1 aliphatic rings. The Labute approximate surface area is 142 Å². The second-order valence-corrected chi connectivity index (χ2v) is 6.62. The van der Waals surface area contributed by atoms with Gasteiger partial charge in [-0.3, -0.25) is 4.79 Å². The average Bonchev–Trinajstić information content (AvgIpc) is 3.07. The first kappa shape index (κ1) is 15.0. The van der Waals surface area contributed by atoms with Crippen molar-refractivity contribution in [3.63, 3.8) is 0 Å². The van der Waals surface area contributed by atoms with Crippen LogP contribution in [-0.2, 0) is 17.6 Å². The fourth-order valence-electron chi connectivity index (χ4n) is 2.95. The highest BCUT2D eigenvalue weighted by Crippen LogP contribution is 2.37. The molecule has 1 aromatic carbocycles. The van der Waals surface area contributed by atoms with Crippen LogP contribution in [0.25, 0.3) is 21.8 Å². The van der Waals surface area contributed by atoms with Gasteiger partial charge in [0.2, 0.25) is 5.91 Å². The monoisotopic (exact) mass is 339 g/mol. The summed E-state index contributed by atoms with van der Waals surface area (Å²) < 4.78 is 13.5. The van der Waals surface area contributed by atoms with E-state index in [0.717, 1.165) is 27.4 Å². The maximum absolute atomic E-state index is 13.5. The number of halogens is 1. The van der Waals surface area contributed by atoms with Crippen LogP contribution in [0, 0.1) is 5.82 Å². The third-order valence-electron chi connectivity index (χ3n) is 3.97. The number of anilines is 1. The highest BCUT2D eigenvalue weighted by Gasteiger charge is 2.23. The van der Waals surface area contributed by atoms with Gasteiger partial charge in [0.05, 0.1) is 16.3 Å². The zero-order valence-corrected chi connectivity index (χ0v) is 13.8. The van der Waals surface area contributed by atoms with Crippen LogP contribution >= 0.6 is 11.3 Å². The minimum atomic E-state index is -0.237. The third-order valence-corrected chi connectivity index (χ3v) is 4.85. The number of aromatic nitrogens is 2. The summed E-state index contributed by atoms with van der Waals surface area (Å²) in [6, 6.07) is 8.64. The fourth-order valence-corrected chi connectivity index (χ4v) is 3.67. The van der Waals surface area contributed by atoms with Crippen LogP contribution in [0.15, 0.2) is 35.7 Å². The molecular weight excluding hydrogens is 325 g/mol. The molecule has 1 N–H and O–H groups in total. The van der Waals surface area contributed by atoms with E-state index in [9.17, 15) is 9.18 Å². The number of hydrogen-bond acceptors (Lipinski definition) is 4. The van der Waals surface area contributed by atoms with Crippen molar-refractivity contribution in [1.29, 1.82) is 0 Å². The van der Waals surface area contributed by atoms with Crippen molar-refractivity contribution in [1.82, 2.24) is 9.97 Å². The SMILES string of the molecule is CC(=O)Nc1nc2c(nc1-c1cccs1)-c1ccc(F)cc1CC2. The summed E-state index contributed by atoms with van der Waals surface area (Å²) in [6.45, 7) is 1.46. The zero-order valence-electron chi connectivity index (χ0n) is 13.0. The predicted octanol–water partition coefficient (Wildman–Crippen LogP) is 4.07. The van der Waals surface area contributed by atoms with Gasteiger partial charge in [0.1, 0.15) is 11.5 Å². The lowest BCUT2D eigenvalue weighted by Gasteiger charge is -2.20. The van der Waals surface area contributed by atoms with Gasteiger partial charge < -0.3 is 5.32 Å². The maximum atomic E-state index is 13.5. The van der Waals surface area contributed by atoms with Crippen LogP contribution in [0.2, 0.25) is 0 Å². The highest BCUT2D eigenvalue weighted by molar-refractivity contribution is 7.13. The quantitative estimate of drug-likeness (QED) is 0.766. The molecule has 0 unspecified atom stereocenters. The molecule has 0 aliphatic heterocycles. The molecule has 2 aromatic heterocycles. The first-order valence-electron chi connectivity index (χ1n) is 7.63. The molecule has 4 nitrogen and oxygen atoms in total. The van der Waals surface area contributed by atoms with E-state index in [4.69, 9.17) is 4.98 Å². The van der Waals surface area contributed by atoms with E-state index in [1.54, 1.807) is 12.1 Å². The van der Waals surface area contributed by atoms with Crippen LogP contribution in [0.1, 0.15) is 18.2 Å². The first-order valence-corrected chi connectivity index (χ1v) is 8.51. The summed E-state index contributed by atoms with van der Waals surface area (Å²) in [5.74, 6) is 0.0631. The average molecular weight is 339 g/mol. The number of fused-ring (bicyclic) bond motifs is 3. The summed E-state index contributed by atoms with van der Waals surface area (Å²) >= 11 is 1.54. The summed E-state index contributed by atoms with van der Waals surface area (Å²) in [4.78, 5) is 21.9. The maximum Gasteiger partial charge on any atom is 0.222 e. The lowest BCUT2D eigenvalue weighted by atomic mass is 9.91. The summed E-state index contributed by atoms with van der Waals surface area (Å²) in [6.07, 6.45) is 1.39. The Morgan fingerprint density at radius 2 is 2.08 bits per heavy atom. The largest absolute Gasteiger partial charge is 0.309 e. The van der Waals surface area contributed by atoms with Gasteiger partial charge in [0.25, 0.3) is 0 Å². The number of nitrogens with zero attached hydrogens (tertiary/aromatic N) is 2. The summed E-state index contributed by atoms with van der Waals surface area (Å²) in [7, 11) is 0. The molecule has 24 heavy (non-hydrogen) atoms. The van der Waals surface area contributed by atoms with Crippen LogP contribution in [0.3, 0.4) is 0 Å². The number of amides is 1. The van der Waals surface area contributed by atoms with Crippen LogP contribution < -0.4 is 5.32 Å². The Bertz CT molecular complexity index is 938. The Hall–Kier alpha value is -2.60. The lowest BCUT2D eigenvalue weighted by molar-refractivity contribution is -0.114. The molecule has 0 saturated carbocycles. The molecule has 0 radical (unpaired) electrons. The second kappa shape index (κ2) is 5.79. The number of thiophene rings is 1. The van der Waals surface area contributed by atoms with E-state index in [0.29, 0.717) is 24.4 Å². The number of rotatable bonds is 2. The van der Waals surface area contributed by atoms with Crippen molar-refractivity contribution < 1.29 is 9.18 Å². The Balaban J connectivity index is 1.93. The molecule has 0 bridgehead atoms. The van der Waals surface area contributed by atoms with Gasteiger partial charge in [-0.25, -0.2) is 14.4 Å². The zero-order chi connectivity index (χ0) is 16.7. The molecule has 3 aromatic rings. The van der Waals surface area contributed by atoms with E-state index in [-0.39, 0.29) is 11.7 Å². The van der Waals surface area contributed by atoms with Gasteiger partial charge >= 0.3 is 0 Å². The van der Waals surface area contributed by atoms with Crippen LogP contribution in [0.5, 0.6) is 0 Å². The molecule has 0 spiro atoms. The fraction of sp³-hybridized carbons (Fsp3) is 0.167. The van der Waals surface area contributed by atoms with Crippen molar-refractivity contribution in [2.75, 3.05) is 5.32 Å². The van der Waals surface area contributed by atoms with Crippen LogP contribution in [0.4, 0.5) is 10.2 Å². The van der Waals surface area contributed by atoms with Gasteiger partial charge in [-0.1, -0.05) is 6.07 Å². The van der Waals surface area contributed by atoms with Crippen molar-refractivity contribution in [3.8, 4) is 21.8 Å². The molecule has 2 heterocycles. The van der Waals surface area contributed by atoms with E-state index in [2.05, 4.69) is 10.3 Å². The van der Waals surface area contributed by atoms with Crippen LogP contribution in [-0.4, -0.2) is 15.9 Å². The third kappa shape index (κ3) is 2.59. The summed E-state index contributed by atoms with van der Waals surface area (Å²) in [5.41, 5.74) is 4.11.